The molecular formula is C14H19ClN2O3. The summed E-state index contributed by atoms with van der Waals surface area (Å²) in [6.45, 7) is 4.56. The first-order valence-corrected chi connectivity index (χ1v) is 6.69. The fraction of sp³-hybridized carbons (Fsp3) is 0.429. The van der Waals surface area contributed by atoms with Gasteiger partial charge in [0.25, 0.3) is 0 Å². The number of esters is 1. The molecule has 0 radical (unpaired) electrons. The Morgan fingerprint density at radius 3 is 2.60 bits per heavy atom. The number of nitrogens with zero attached hydrogens (tertiary/aromatic N) is 1. The summed E-state index contributed by atoms with van der Waals surface area (Å²) >= 11 is 5.86. The van der Waals surface area contributed by atoms with Crippen molar-refractivity contribution in [2.45, 2.75) is 13.8 Å². The summed E-state index contributed by atoms with van der Waals surface area (Å²) in [6, 6.07) is 5.26. The van der Waals surface area contributed by atoms with Gasteiger partial charge in [0.2, 0.25) is 5.91 Å². The molecule has 0 bridgehead atoms. The molecule has 5 nitrogen and oxygen atoms in total. The summed E-state index contributed by atoms with van der Waals surface area (Å²) in [4.78, 5) is 24.9. The number of aryl methyl sites for hydroxylation is 1. The van der Waals surface area contributed by atoms with Gasteiger partial charge >= 0.3 is 5.97 Å². The van der Waals surface area contributed by atoms with Crippen LogP contribution in [0.25, 0.3) is 0 Å². The fourth-order valence-electron chi connectivity index (χ4n) is 1.69. The van der Waals surface area contributed by atoms with Gasteiger partial charge in [-0.1, -0.05) is 18.5 Å². The van der Waals surface area contributed by atoms with Gasteiger partial charge in [0.15, 0.2) is 0 Å². The first-order valence-electron chi connectivity index (χ1n) is 6.31. The van der Waals surface area contributed by atoms with E-state index in [1.807, 2.05) is 13.8 Å². The molecule has 1 N–H and O–H groups in total. The molecule has 1 aromatic carbocycles. The third-order valence-corrected chi connectivity index (χ3v) is 3.09. The summed E-state index contributed by atoms with van der Waals surface area (Å²) < 4.78 is 4.59. The van der Waals surface area contributed by atoms with Crippen molar-refractivity contribution in [2.24, 2.45) is 0 Å². The van der Waals surface area contributed by atoms with Crippen LogP contribution in [0.15, 0.2) is 18.2 Å². The van der Waals surface area contributed by atoms with E-state index in [2.05, 4.69) is 10.1 Å². The molecule has 0 saturated heterocycles. The Hall–Kier alpha value is -1.59. The molecular weight excluding hydrogens is 280 g/mol. The minimum atomic E-state index is -0.359. The van der Waals surface area contributed by atoms with Crippen molar-refractivity contribution in [3.63, 3.8) is 0 Å². The molecule has 0 atom stereocenters. The maximum Gasteiger partial charge on any atom is 0.319 e. The summed E-state index contributed by atoms with van der Waals surface area (Å²) in [5.41, 5.74) is 1.61. The van der Waals surface area contributed by atoms with E-state index in [4.69, 9.17) is 11.6 Å². The molecule has 1 aromatic rings. The molecule has 1 amide bonds. The van der Waals surface area contributed by atoms with E-state index in [1.54, 1.807) is 23.1 Å². The Bertz CT molecular complexity index is 491. The number of likely N-dealkylation sites (N-methyl/N-ethyl adjacent to an activating group) is 1. The second-order valence-corrected chi connectivity index (χ2v) is 4.82. The van der Waals surface area contributed by atoms with Gasteiger partial charge in [0.1, 0.15) is 0 Å². The number of carbonyl (C=O) groups excluding carboxylic acids is 2. The first kappa shape index (κ1) is 16.5. The molecule has 0 unspecified atom stereocenters. The van der Waals surface area contributed by atoms with Crippen LogP contribution in [0.3, 0.4) is 0 Å². The summed E-state index contributed by atoms with van der Waals surface area (Å²) in [5.74, 6) is -0.538. The normalized spacial score (nSPS) is 10.4. The lowest BCUT2D eigenvalue weighted by atomic mass is 10.2. The number of hydrogen-bond acceptors (Lipinski definition) is 4. The van der Waals surface area contributed by atoms with E-state index >= 15 is 0 Å². The summed E-state index contributed by atoms with van der Waals surface area (Å²) in [7, 11) is 1.33. The highest BCUT2D eigenvalue weighted by Crippen LogP contribution is 2.19. The number of methoxy groups -OCH3 is 1. The number of rotatable bonds is 6. The highest BCUT2D eigenvalue weighted by molar-refractivity contribution is 6.30. The number of benzene rings is 1. The standard InChI is InChI=1S/C14H19ClN2O3/c1-4-17(9-14(19)20-3)8-13(18)16-12-6-5-11(15)7-10(12)2/h5-7H,4,8-9H2,1-3H3,(H,16,18). The predicted octanol–water partition coefficient (Wildman–Crippen LogP) is 2.08. The minimum absolute atomic E-state index is 0.0972. The van der Waals surface area contributed by atoms with Gasteiger partial charge in [-0.15, -0.1) is 0 Å². The van der Waals surface area contributed by atoms with Gasteiger partial charge in [-0.25, -0.2) is 0 Å². The monoisotopic (exact) mass is 298 g/mol. The van der Waals surface area contributed by atoms with Crippen molar-refractivity contribution >= 4 is 29.2 Å². The Morgan fingerprint density at radius 1 is 1.35 bits per heavy atom. The third kappa shape index (κ3) is 5.19. The van der Waals surface area contributed by atoms with E-state index in [9.17, 15) is 9.59 Å². The van der Waals surface area contributed by atoms with E-state index in [-0.39, 0.29) is 25.0 Å². The van der Waals surface area contributed by atoms with Crippen LogP contribution in [-0.2, 0) is 14.3 Å². The molecule has 1 rings (SSSR count). The van der Waals surface area contributed by atoms with Crippen molar-refractivity contribution in [3.8, 4) is 0 Å². The second-order valence-electron chi connectivity index (χ2n) is 4.39. The lowest BCUT2D eigenvalue weighted by Gasteiger charge is -2.18. The van der Waals surface area contributed by atoms with Gasteiger partial charge in [-0.3, -0.25) is 14.5 Å². The largest absolute Gasteiger partial charge is 0.468 e. The van der Waals surface area contributed by atoms with Crippen LogP contribution in [0.5, 0.6) is 0 Å². The summed E-state index contributed by atoms with van der Waals surface area (Å²) in [5, 5.41) is 3.43. The van der Waals surface area contributed by atoms with Gasteiger partial charge in [-0.2, -0.15) is 0 Å². The number of halogens is 1. The van der Waals surface area contributed by atoms with Gasteiger partial charge in [0.05, 0.1) is 20.2 Å². The molecule has 0 heterocycles. The first-order chi connectivity index (χ1) is 9.46. The second kappa shape index (κ2) is 7.87. The maximum atomic E-state index is 12.0. The fourth-order valence-corrected chi connectivity index (χ4v) is 1.91. The Morgan fingerprint density at radius 2 is 2.05 bits per heavy atom. The van der Waals surface area contributed by atoms with Crippen LogP contribution in [-0.4, -0.2) is 43.5 Å². The van der Waals surface area contributed by atoms with Gasteiger partial charge in [0, 0.05) is 10.7 Å². The number of anilines is 1. The van der Waals surface area contributed by atoms with Crippen LogP contribution in [0.2, 0.25) is 5.02 Å². The summed E-state index contributed by atoms with van der Waals surface area (Å²) in [6.07, 6.45) is 0. The molecule has 0 spiro atoms. The smallest absolute Gasteiger partial charge is 0.319 e. The van der Waals surface area contributed by atoms with E-state index in [0.717, 1.165) is 5.56 Å². The van der Waals surface area contributed by atoms with Crippen LogP contribution < -0.4 is 5.32 Å². The van der Waals surface area contributed by atoms with Crippen molar-refractivity contribution in [3.05, 3.63) is 28.8 Å². The lowest BCUT2D eigenvalue weighted by Crippen LogP contribution is -2.37. The number of amides is 1. The maximum absolute atomic E-state index is 12.0. The van der Waals surface area contributed by atoms with Crippen molar-refractivity contribution in [1.82, 2.24) is 4.90 Å². The predicted molar refractivity (Wildman–Crippen MR) is 78.9 cm³/mol. The Labute approximate surface area is 123 Å². The van der Waals surface area contributed by atoms with E-state index < -0.39 is 0 Å². The molecule has 0 aromatic heterocycles. The number of ether oxygens (including phenoxy) is 1. The number of hydrogen-bond donors (Lipinski definition) is 1. The van der Waals surface area contributed by atoms with Crippen LogP contribution in [0, 0.1) is 6.92 Å². The molecule has 0 aliphatic heterocycles. The Balaban J connectivity index is 2.59. The van der Waals surface area contributed by atoms with Crippen molar-refractivity contribution < 1.29 is 14.3 Å². The lowest BCUT2D eigenvalue weighted by molar-refractivity contribution is -0.142. The van der Waals surface area contributed by atoms with Crippen molar-refractivity contribution in [1.29, 1.82) is 0 Å². The topological polar surface area (TPSA) is 58.6 Å². The zero-order chi connectivity index (χ0) is 15.1. The SMILES string of the molecule is CCN(CC(=O)Nc1ccc(Cl)cc1C)CC(=O)OC. The Kier molecular flexibility index (Phi) is 6.48. The van der Waals surface area contributed by atoms with Gasteiger partial charge in [-0.05, 0) is 37.2 Å². The van der Waals surface area contributed by atoms with Crippen LogP contribution in [0.4, 0.5) is 5.69 Å². The van der Waals surface area contributed by atoms with Crippen LogP contribution in [0.1, 0.15) is 12.5 Å². The highest BCUT2D eigenvalue weighted by atomic mass is 35.5. The minimum Gasteiger partial charge on any atom is -0.468 e. The molecule has 6 heteroatoms. The third-order valence-electron chi connectivity index (χ3n) is 2.86. The average molecular weight is 299 g/mol. The molecule has 0 aliphatic rings. The quantitative estimate of drug-likeness (QED) is 0.817. The van der Waals surface area contributed by atoms with Crippen molar-refractivity contribution in [2.75, 3.05) is 32.1 Å². The molecule has 110 valence electrons. The molecule has 0 aliphatic carbocycles. The van der Waals surface area contributed by atoms with Gasteiger partial charge < -0.3 is 10.1 Å². The number of carbonyl (C=O) groups is 2. The van der Waals surface area contributed by atoms with Crippen LogP contribution >= 0.6 is 11.6 Å². The molecule has 0 saturated carbocycles. The highest BCUT2D eigenvalue weighted by Gasteiger charge is 2.13. The zero-order valence-electron chi connectivity index (χ0n) is 11.9. The zero-order valence-corrected chi connectivity index (χ0v) is 12.7. The number of nitrogens with one attached hydrogen (secondary N) is 1. The molecule has 0 fully saturated rings. The molecule has 20 heavy (non-hydrogen) atoms. The van der Waals surface area contributed by atoms with E-state index in [0.29, 0.717) is 17.3 Å². The average Bonchev–Trinajstić information content (AvgIpc) is 2.41. The van der Waals surface area contributed by atoms with E-state index in [1.165, 1.54) is 7.11 Å².